The molecule has 0 saturated carbocycles. The Bertz CT molecular complexity index is 1320. The van der Waals surface area contributed by atoms with Gasteiger partial charge < -0.3 is 9.47 Å². The van der Waals surface area contributed by atoms with E-state index < -0.39 is 5.91 Å². The maximum atomic E-state index is 12.8. The number of hydrogen-bond acceptors (Lipinski definition) is 5. The molecule has 1 saturated heterocycles. The van der Waals surface area contributed by atoms with Gasteiger partial charge in [0, 0.05) is 0 Å². The van der Waals surface area contributed by atoms with Crippen LogP contribution >= 0.6 is 58.2 Å². The van der Waals surface area contributed by atoms with Gasteiger partial charge in [0.15, 0.2) is 5.75 Å². The van der Waals surface area contributed by atoms with Crippen LogP contribution in [0, 0.1) is 6.92 Å². The zero-order valence-corrected chi connectivity index (χ0v) is 22.7. The normalized spacial score (nSPS) is 14.6. The minimum Gasteiger partial charge on any atom is -0.492 e. The highest BCUT2D eigenvalue weighted by Gasteiger charge is 2.34. The average molecular weight is 583 g/mol. The van der Waals surface area contributed by atoms with Gasteiger partial charge in [-0.05, 0) is 72.3 Å². The fourth-order valence-electron chi connectivity index (χ4n) is 3.32. The molecule has 0 bridgehead atoms. The number of benzene rings is 3. The molecule has 3 aromatic carbocycles. The molecule has 1 aliphatic heterocycles. The first kappa shape index (κ1) is 26.7. The summed E-state index contributed by atoms with van der Waals surface area (Å²) in [5.41, 5.74) is 2.47. The second-order valence-corrected chi connectivity index (χ2v) is 10.5. The van der Waals surface area contributed by atoms with E-state index in [1.165, 1.54) is 0 Å². The Labute approximate surface area is 232 Å². The first-order chi connectivity index (χ1) is 17.2. The maximum Gasteiger partial charge on any atom is 0.293 e. The molecular formula is C26H19Cl4NO4S. The number of rotatable bonds is 8. The number of ether oxygens (including phenoxy) is 2. The summed E-state index contributed by atoms with van der Waals surface area (Å²) in [6.07, 6.45) is 1.58. The second-order valence-electron chi connectivity index (χ2n) is 7.85. The summed E-state index contributed by atoms with van der Waals surface area (Å²) in [5.74, 6) is 0.571. The van der Waals surface area contributed by atoms with Gasteiger partial charge in [-0.3, -0.25) is 14.5 Å². The minimum atomic E-state index is -0.398. The van der Waals surface area contributed by atoms with Crippen LogP contribution in [0.4, 0.5) is 4.79 Å². The Hall–Kier alpha value is -2.35. The molecule has 186 valence electrons. The molecule has 10 heteroatoms. The van der Waals surface area contributed by atoms with Crippen LogP contribution in [0.15, 0.2) is 59.5 Å². The van der Waals surface area contributed by atoms with Crippen LogP contribution in [0.25, 0.3) is 6.08 Å². The van der Waals surface area contributed by atoms with Crippen LogP contribution < -0.4 is 9.47 Å². The van der Waals surface area contributed by atoms with Crippen molar-refractivity contribution in [2.24, 2.45) is 0 Å². The van der Waals surface area contributed by atoms with E-state index in [0.29, 0.717) is 27.1 Å². The predicted molar refractivity (Wildman–Crippen MR) is 147 cm³/mol. The highest BCUT2D eigenvalue weighted by molar-refractivity contribution is 8.18. The minimum absolute atomic E-state index is 0.138. The fourth-order valence-corrected chi connectivity index (χ4v) is 5.12. The van der Waals surface area contributed by atoms with Crippen molar-refractivity contribution in [2.75, 3.05) is 13.2 Å². The van der Waals surface area contributed by atoms with Crippen molar-refractivity contribution in [3.05, 3.63) is 96.3 Å². The van der Waals surface area contributed by atoms with Crippen molar-refractivity contribution in [3.63, 3.8) is 0 Å². The Morgan fingerprint density at radius 2 is 1.56 bits per heavy atom. The topological polar surface area (TPSA) is 55.8 Å². The van der Waals surface area contributed by atoms with E-state index in [-0.39, 0.29) is 39.9 Å². The van der Waals surface area contributed by atoms with Crippen molar-refractivity contribution in [1.29, 1.82) is 0 Å². The number of carbonyl (C=O) groups is 2. The molecule has 0 spiro atoms. The van der Waals surface area contributed by atoms with Crippen LogP contribution in [-0.4, -0.2) is 29.2 Å². The van der Waals surface area contributed by atoms with Crippen LogP contribution in [0.1, 0.15) is 16.7 Å². The smallest absolute Gasteiger partial charge is 0.293 e. The molecule has 36 heavy (non-hydrogen) atoms. The lowest BCUT2D eigenvalue weighted by Gasteiger charge is -2.13. The van der Waals surface area contributed by atoms with E-state index in [1.807, 2.05) is 31.2 Å². The number of halogens is 4. The summed E-state index contributed by atoms with van der Waals surface area (Å²) < 4.78 is 11.4. The molecule has 0 unspecified atom stereocenters. The number of nitrogens with zero attached hydrogens (tertiary/aromatic N) is 1. The quantitative estimate of drug-likeness (QED) is 0.250. The largest absolute Gasteiger partial charge is 0.492 e. The van der Waals surface area contributed by atoms with Crippen molar-refractivity contribution in [1.82, 2.24) is 4.90 Å². The number of thioether (sulfide) groups is 1. The van der Waals surface area contributed by atoms with Crippen molar-refractivity contribution in [3.8, 4) is 11.5 Å². The van der Waals surface area contributed by atoms with Gasteiger partial charge in [0.05, 0.1) is 31.5 Å². The molecule has 4 rings (SSSR count). The van der Waals surface area contributed by atoms with E-state index in [4.69, 9.17) is 55.9 Å². The highest BCUT2D eigenvalue weighted by atomic mass is 35.5. The van der Waals surface area contributed by atoms with Gasteiger partial charge in [-0.15, -0.1) is 0 Å². The molecule has 0 N–H and O–H groups in total. The molecule has 1 fully saturated rings. The number of hydrogen-bond donors (Lipinski definition) is 0. The zero-order valence-electron chi connectivity index (χ0n) is 18.9. The third kappa shape index (κ3) is 6.50. The molecule has 2 amide bonds. The van der Waals surface area contributed by atoms with Gasteiger partial charge in [0.25, 0.3) is 11.1 Å². The van der Waals surface area contributed by atoms with Crippen molar-refractivity contribution in [2.45, 2.75) is 13.5 Å². The molecule has 5 nitrogen and oxygen atoms in total. The molecule has 1 heterocycles. The number of carbonyl (C=O) groups excluding carboxylic acids is 2. The maximum absolute atomic E-state index is 12.8. The Balaban J connectivity index is 1.40. The molecule has 0 radical (unpaired) electrons. The standard InChI is InChI=1S/C26H19Cl4NO4S/c1-15-2-5-18(6-3-15)34-9-8-31-25(32)23(36-26(31)33)13-17-11-21(29)24(22(30)12-17)35-14-16-4-7-19(27)20(28)10-16/h2-7,10-13H,8-9,14H2,1H3/b23-13-. The second kappa shape index (κ2) is 11.8. The molecule has 0 aromatic heterocycles. The van der Waals surface area contributed by atoms with Crippen molar-refractivity contribution < 1.29 is 19.1 Å². The van der Waals surface area contributed by atoms with Gasteiger partial charge in [-0.1, -0.05) is 70.2 Å². The zero-order chi connectivity index (χ0) is 25.8. The SMILES string of the molecule is Cc1ccc(OCCN2C(=O)S/C(=C\c3cc(Cl)c(OCc4ccc(Cl)c(Cl)c4)c(Cl)c3)C2=O)cc1. The van der Waals surface area contributed by atoms with E-state index in [0.717, 1.165) is 27.8 Å². The number of imide groups is 1. The number of aryl methyl sites for hydroxylation is 1. The lowest BCUT2D eigenvalue weighted by Crippen LogP contribution is -2.32. The monoisotopic (exact) mass is 581 g/mol. The van der Waals surface area contributed by atoms with Crippen molar-refractivity contribution >= 4 is 75.4 Å². The van der Waals surface area contributed by atoms with Crippen LogP contribution in [0.3, 0.4) is 0 Å². The first-order valence-electron chi connectivity index (χ1n) is 10.7. The van der Waals surface area contributed by atoms with Crippen LogP contribution in [-0.2, 0) is 11.4 Å². The third-order valence-corrected chi connectivity index (χ3v) is 7.37. The van der Waals surface area contributed by atoms with E-state index in [1.54, 1.807) is 36.4 Å². The Kier molecular flexibility index (Phi) is 8.75. The van der Waals surface area contributed by atoms with Crippen LogP contribution in [0.2, 0.25) is 20.1 Å². The summed E-state index contributed by atoms with van der Waals surface area (Å²) in [4.78, 5) is 26.6. The van der Waals surface area contributed by atoms with Gasteiger partial charge in [-0.2, -0.15) is 0 Å². The lowest BCUT2D eigenvalue weighted by molar-refractivity contribution is -0.123. The Morgan fingerprint density at radius 1 is 0.861 bits per heavy atom. The summed E-state index contributed by atoms with van der Waals surface area (Å²) in [7, 11) is 0. The van der Waals surface area contributed by atoms with Gasteiger partial charge in [-0.25, -0.2) is 0 Å². The van der Waals surface area contributed by atoms with Gasteiger partial charge in [0.2, 0.25) is 0 Å². The lowest BCUT2D eigenvalue weighted by atomic mass is 10.2. The molecule has 0 atom stereocenters. The first-order valence-corrected chi connectivity index (χ1v) is 13.0. The summed E-state index contributed by atoms with van der Waals surface area (Å²) in [5, 5.41) is 1.03. The van der Waals surface area contributed by atoms with E-state index in [2.05, 4.69) is 0 Å². The molecule has 1 aliphatic rings. The fraction of sp³-hybridized carbons (Fsp3) is 0.154. The molecule has 3 aromatic rings. The Morgan fingerprint density at radius 3 is 2.22 bits per heavy atom. The summed E-state index contributed by atoms with van der Waals surface area (Å²) >= 11 is 25.6. The third-order valence-electron chi connectivity index (χ3n) is 5.16. The highest BCUT2D eigenvalue weighted by Crippen LogP contribution is 2.38. The van der Waals surface area contributed by atoms with E-state index >= 15 is 0 Å². The van der Waals surface area contributed by atoms with Gasteiger partial charge >= 0.3 is 0 Å². The molecular weight excluding hydrogens is 564 g/mol. The summed E-state index contributed by atoms with van der Waals surface area (Å²) in [6.45, 7) is 2.49. The van der Waals surface area contributed by atoms with E-state index in [9.17, 15) is 9.59 Å². The number of amides is 2. The predicted octanol–water partition coefficient (Wildman–Crippen LogP) is 8.30. The van der Waals surface area contributed by atoms with Crippen LogP contribution in [0.5, 0.6) is 11.5 Å². The van der Waals surface area contributed by atoms with Gasteiger partial charge in [0.1, 0.15) is 19.0 Å². The molecule has 0 aliphatic carbocycles. The average Bonchev–Trinajstić information content (AvgIpc) is 3.09. The summed E-state index contributed by atoms with van der Waals surface area (Å²) in [6, 6.07) is 15.9.